The number of hydrogen-bond donors (Lipinski definition) is 0. The summed E-state index contributed by atoms with van der Waals surface area (Å²) in [5.41, 5.74) is 0.237. The Kier molecular flexibility index (Phi) is 5.19. The quantitative estimate of drug-likeness (QED) is 0.613. The van der Waals surface area contributed by atoms with Crippen molar-refractivity contribution in [2.45, 2.75) is 17.2 Å². The first-order chi connectivity index (χ1) is 10.0. The number of alkyl halides is 2. The molecule has 0 aliphatic rings. The Morgan fingerprint density at radius 2 is 2.29 bits per heavy atom. The van der Waals surface area contributed by atoms with E-state index in [4.69, 9.17) is 11.6 Å². The largest absolute Gasteiger partial charge is 0.465 e. The van der Waals surface area contributed by atoms with Gasteiger partial charge in [0.25, 0.3) is 0 Å². The van der Waals surface area contributed by atoms with Crippen molar-refractivity contribution in [1.29, 1.82) is 0 Å². The molecule has 1 aromatic heterocycles. The fraction of sp³-hybridized carbons (Fsp3) is 0.231. The molecule has 2 rings (SSSR count). The van der Waals surface area contributed by atoms with Gasteiger partial charge in [-0.3, -0.25) is 4.57 Å². The SMILES string of the molecule is COC(=O)c1cc(SCc2nccn2C(F)F)ccc1Cl. The minimum absolute atomic E-state index is 0.237. The molecule has 112 valence electrons. The van der Waals surface area contributed by atoms with Crippen molar-refractivity contribution in [3.05, 3.63) is 47.0 Å². The highest BCUT2D eigenvalue weighted by Crippen LogP contribution is 2.28. The zero-order valence-corrected chi connectivity index (χ0v) is 12.5. The second-order valence-electron chi connectivity index (χ2n) is 3.95. The smallest absolute Gasteiger partial charge is 0.339 e. The average Bonchev–Trinajstić information content (AvgIpc) is 2.94. The lowest BCUT2D eigenvalue weighted by molar-refractivity contribution is 0.0600. The van der Waals surface area contributed by atoms with Crippen molar-refractivity contribution in [3.8, 4) is 0 Å². The minimum atomic E-state index is -2.63. The van der Waals surface area contributed by atoms with Crippen molar-refractivity contribution in [1.82, 2.24) is 9.55 Å². The molecule has 0 bridgehead atoms. The van der Waals surface area contributed by atoms with Crippen LogP contribution in [-0.4, -0.2) is 22.6 Å². The summed E-state index contributed by atoms with van der Waals surface area (Å²) in [6.45, 7) is -2.63. The van der Waals surface area contributed by atoms with E-state index < -0.39 is 12.5 Å². The van der Waals surface area contributed by atoms with Gasteiger partial charge in [0.2, 0.25) is 0 Å². The second kappa shape index (κ2) is 6.91. The van der Waals surface area contributed by atoms with Gasteiger partial charge in [-0.2, -0.15) is 8.78 Å². The number of hydrogen-bond acceptors (Lipinski definition) is 4. The summed E-state index contributed by atoms with van der Waals surface area (Å²) in [4.78, 5) is 16.1. The summed E-state index contributed by atoms with van der Waals surface area (Å²) in [5, 5.41) is 0.278. The maximum absolute atomic E-state index is 12.7. The van der Waals surface area contributed by atoms with Crippen LogP contribution in [0.2, 0.25) is 5.02 Å². The summed E-state index contributed by atoms with van der Waals surface area (Å²) in [6, 6.07) is 4.83. The van der Waals surface area contributed by atoms with Crippen LogP contribution in [0.1, 0.15) is 22.7 Å². The molecule has 4 nitrogen and oxygen atoms in total. The first-order valence-corrected chi connectivity index (χ1v) is 7.20. The van der Waals surface area contributed by atoms with Crippen molar-refractivity contribution in [2.24, 2.45) is 0 Å². The van der Waals surface area contributed by atoms with Gasteiger partial charge in [0.05, 0.1) is 23.4 Å². The van der Waals surface area contributed by atoms with Crippen molar-refractivity contribution in [2.75, 3.05) is 7.11 Å². The van der Waals surface area contributed by atoms with Crippen molar-refractivity contribution < 1.29 is 18.3 Å². The number of aromatic nitrogens is 2. The molecule has 2 aromatic rings. The third-order valence-electron chi connectivity index (χ3n) is 2.67. The Balaban J connectivity index is 2.13. The molecule has 0 atom stereocenters. The van der Waals surface area contributed by atoms with E-state index in [0.29, 0.717) is 4.90 Å². The van der Waals surface area contributed by atoms with Crippen molar-refractivity contribution >= 4 is 29.3 Å². The fourth-order valence-corrected chi connectivity index (χ4v) is 2.72. The van der Waals surface area contributed by atoms with Gasteiger partial charge in [-0.1, -0.05) is 11.6 Å². The summed E-state index contributed by atoms with van der Waals surface area (Å²) in [7, 11) is 1.26. The second-order valence-corrected chi connectivity index (χ2v) is 5.41. The highest BCUT2D eigenvalue weighted by atomic mass is 35.5. The molecule has 1 heterocycles. The van der Waals surface area contributed by atoms with Crippen molar-refractivity contribution in [3.63, 3.8) is 0 Å². The molecule has 0 aliphatic carbocycles. The zero-order chi connectivity index (χ0) is 15.4. The number of esters is 1. The molecule has 0 amide bonds. The number of halogens is 3. The maximum atomic E-state index is 12.7. The van der Waals surface area contributed by atoms with Gasteiger partial charge in [-0.25, -0.2) is 9.78 Å². The van der Waals surface area contributed by atoms with Gasteiger partial charge in [-0.15, -0.1) is 11.8 Å². The summed E-state index contributed by atoms with van der Waals surface area (Å²) >= 11 is 7.19. The lowest BCUT2D eigenvalue weighted by Gasteiger charge is -2.08. The van der Waals surface area contributed by atoms with Gasteiger partial charge in [0.15, 0.2) is 0 Å². The Bertz CT molecular complexity index is 649. The molecule has 1 aromatic carbocycles. The number of carbonyl (C=O) groups is 1. The van der Waals surface area contributed by atoms with Crippen LogP contribution in [0.3, 0.4) is 0 Å². The molecule has 0 saturated carbocycles. The van der Waals surface area contributed by atoms with Gasteiger partial charge >= 0.3 is 12.5 Å². The van der Waals surface area contributed by atoms with E-state index in [1.807, 2.05) is 0 Å². The van der Waals surface area contributed by atoms with E-state index in [1.165, 1.54) is 31.3 Å². The van der Waals surface area contributed by atoms with Crippen LogP contribution >= 0.6 is 23.4 Å². The van der Waals surface area contributed by atoms with Crippen LogP contribution in [0.25, 0.3) is 0 Å². The predicted molar refractivity (Wildman–Crippen MR) is 75.8 cm³/mol. The van der Waals surface area contributed by atoms with Gasteiger partial charge < -0.3 is 4.74 Å². The number of imidazole rings is 1. The van der Waals surface area contributed by atoms with Crippen LogP contribution in [0.5, 0.6) is 0 Å². The number of carbonyl (C=O) groups excluding carboxylic acids is 1. The number of rotatable bonds is 5. The molecule has 0 unspecified atom stereocenters. The number of ether oxygens (including phenoxy) is 1. The molecule has 0 saturated heterocycles. The first kappa shape index (κ1) is 15.8. The van der Waals surface area contributed by atoms with Crippen LogP contribution < -0.4 is 0 Å². The molecule has 8 heteroatoms. The third-order valence-corrected chi connectivity index (χ3v) is 3.99. The summed E-state index contributed by atoms with van der Waals surface area (Å²) < 4.78 is 30.8. The molecule has 0 fully saturated rings. The van der Waals surface area contributed by atoms with Crippen LogP contribution in [0.15, 0.2) is 35.5 Å². The molecular formula is C13H11ClF2N2O2S. The molecule has 0 radical (unpaired) electrons. The fourth-order valence-electron chi connectivity index (χ4n) is 1.64. The van der Waals surface area contributed by atoms with Gasteiger partial charge in [-0.05, 0) is 18.2 Å². The van der Waals surface area contributed by atoms with Crippen LogP contribution in [-0.2, 0) is 10.5 Å². The highest BCUT2D eigenvalue weighted by Gasteiger charge is 2.14. The van der Waals surface area contributed by atoms with E-state index in [0.717, 1.165) is 4.57 Å². The van der Waals surface area contributed by atoms with Crippen LogP contribution in [0, 0.1) is 0 Å². The predicted octanol–water partition coefficient (Wildman–Crippen LogP) is 4.01. The minimum Gasteiger partial charge on any atom is -0.465 e. The molecular weight excluding hydrogens is 322 g/mol. The number of benzene rings is 1. The van der Waals surface area contributed by atoms with Crippen LogP contribution in [0.4, 0.5) is 8.78 Å². The third kappa shape index (κ3) is 3.74. The van der Waals surface area contributed by atoms with E-state index in [1.54, 1.807) is 18.2 Å². The highest BCUT2D eigenvalue weighted by molar-refractivity contribution is 7.98. The normalized spacial score (nSPS) is 10.9. The summed E-state index contributed by atoms with van der Waals surface area (Å²) in [6.07, 6.45) is 2.55. The molecule has 21 heavy (non-hydrogen) atoms. The monoisotopic (exact) mass is 332 g/mol. The Morgan fingerprint density at radius 1 is 1.52 bits per heavy atom. The lowest BCUT2D eigenvalue weighted by Crippen LogP contribution is -2.03. The Labute approximate surface area is 129 Å². The Morgan fingerprint density at radius 3 is 2.95 bits per heavy atom. The lowest BCUT2D eigenvalue weighted by atomic mass is 10.2. The number of methoxy groups -OCH3 is 1. The van der Waals surface area contributed by atoms with E-state index >= 15 is 0 Å². The first-order valence-electron chi connectivity index (χ1n) is 5.83. The number of thioether (sulfide) groups is 1. The standard InChI is InChI=1S/C13H11ClF2N2O2S/c1-20-12(19)9-6-8(2-3-10(9)14)21-7-11-17-4-5-18(11)13(15)16/h2-6,13H,7H2,1H3. The van der Waals surface area contributed by atoms with E-state index in [9.17, 15) is 13.6 Å². The molecule has 0 N–H and O–H groups in total. The van der Waals surface area contributed by atoms with Gasteiger partial charge in [0.1, 0.15) is 5.82 Å². The summed E-state index contributed by atoms with van der Waals surface area (Å²) in [5.74, 6) is -0.0411. The topological polar surface area (TPSA) is 44.1 Å². The van der Waals surface area contributed by atoms with E-state index in [-0.39, 0.29) is 22.2 Å². The number of nitrogens with zero attached hydrogens (tertiary/aromatic N) is 2. The maximum Gasteiger partial charge on any atom is 0.339 e. The molecule has 0 aliphatic heterocycles. The Hall–Kier alpha value is -1.60. The zero-order valence-electron chi connectivity index (χ0n) is 10.9. The molecule has 0 spiro atoms. The van der Waals surface area contributed by atoms with E-state index in [2.05, 4.69) is 9.72 Å². The average molecular weight is 333 g/mol. The van der Waals surface area contributed by atoms with Gasteiger partial charge in [0, 0.05) is 17.3 Å².